The van der Waals surface area contributed by atoms with Gasteiger partial charge in [-0.2, -0.15) is 0 Å². The van der Waals surface area contributed by atoms with E-state index in [2.05, 4.69) is 11.9 Å². The quantitative estimate of drug-likeness (QED) is 0.735. The molecule has 66 valence electrons. The van der Waals surface area contributed by atoms with E-state index in [1.807, 2.05) is 18.2 Å². The standard InChI is InChI=1S/C10H15NO/c1-2-9(8-12)7-10-5-3-4-6-11-10/h3-6,9,12H,2,7-8H2,1H3. The van der Waals surface area contributed by atoms with E-state index in [-0.39, 0.29) is 6.61 Å². The molecule has 1 heterocycles. The summed E-state index contributed by atoms with van der Waals surface area (Å²) in [4.78, 5) is 4.20. The van der Waals surface area contributed by atoms with Crippen LogP contribution in [0.2, 0.25) is 0 Å². The normalized spacial score (nSPS) is 12.8. The molecule has 0 radical (unpaired) electrons. The van der Waals surface area contributed by atoms with Gasteiger partial charge in [0.1, 0.15) is 0 Å². The van der Waals surface area contributed by atoms with Gasteiger partial charge in [-0.05, 0) is 24.5 Å². The molecule has 0 saturated heterocycles. The average molecular weight is 165 g/mol. The van der Waals surface area contributed by atoms with Crippen molar-refractivity contribution < 1.29 is 5.11 Å². The van der Waals surface area contributed by atoms with Gasteiger partial charge in [-0.1, -0.05) is 19.4 Å². The maximum Gasteiger partial charge on any atom is 0.0462 e. The topological polar surface area (TPSA) is 33.1 Å². The SMILES string of the molecule is CCC(CO)Cc1ccccn1. The summed E-state index contributed by atoms with van der Waals surface area (Å²) in [6.07, 6.45) is 3.68. The Morgan fingerprint density at radius 1 is 1.50 bits per heavy atom. The van der Waals surface area contributed by atoms with Gasteiger partial charge in [-0.3, -0.25) is 4.98 Å². The van der Waals surface area contributed by atoms with Crippen molar-refractivity contribution in [1.29, 1.82) is 0 Å². The lowest BCUT2D eigenvalue weighted by Gasteiger charge is -2.09. The van der Waals surface area contributed by atoms with Gasteiger partial charge < -0.3 is 5.11 Å². The first-order chi connectivity index (χ1) is 5.86. The van der Waals surface area contributed by atoms with Gasteiger partial charge in [0.05, 0.1) is 0 Å². The van der Waals surface area contributed by atoms with Crippen LogP contribution >= 0.6 is 0 Å². The summed E-state index contributed by atoms with van der Waals surface area (Å²) in [5.41, 5.74) is 1.07. The van der Waals surface area contributed by atoms with E-state index >= 15 is 0 Å². The van der Waals surface area contributed by atoms with Crippen LogP contribution in [0.5, 0.6) is 0 Å². The first kappa shape index (κ1) is 9.20. The number of nitrogens with zero attached hydrogens (tertiary/aromatic N) is 1. The Bertz CT molecular complexity index is 206. The molecule has 0 spiro atoms. The average Bonchev–Trinajstić information content (AvgIpc) is 2.16. The largest absolute Gasteiger partial charge is 0.396 e. The first-order valence-corrected chi connectivity index (χ1v) is 4.37. The molecular weight excluding hydrogens is 150 g/mol. The number of pyridine rings is 1. The zero-order chi connectivity index (χ0) is 8.81. The molecule has 0 aliphatic heterocycles. The summed E-state index contributed by atoms with van der Waals surface area (Å²) in [7, 11) is 0. The minimum absolute atomic E-state index is 0.257. The van der Waals surface area contributed by atoms with Crippen LogP contribution in [-0.2, 0) is 6.42 Å². The number of aliphatic hydroxyl groups excluding tert-OH is 1. The molecule has 1 unspecified atom stereocenters. The van der Waals surface area contributed by atoms with Crippen molar-refractivity contribution in [2.24, 2.45) is 5.92 Å². The third kappa shape index (κ3) is 2.62. The second-order valence-corrected chi connectivity index (χ2v) is 2.98. The van der Waals surface area contributed by atoms with Gasteiger partial charge in [-0.25, -0.2) is 0 Å². The molecule has 1 N–H and O–H groups in total. The molecule has 1 rings (SSSR count). The molecule has 2 nitrogen and oxygen atoms in total. The molecule has 0 aromatic carbocycles. The highest BCUT2D eigenvalue weighted by atomic mass is 16.3. The summed E-state index contributed by atoms with van der Waals surface area (Å²) in [5.74, 6) is 0.361. The molecule has 0 aliphatic carbocycles. The van der Waals surface area contributed by atoms with E-state index in [0.717, 1.165) is 18.5 Å². The molecule has 0 saturated carbocycles. The molecule has 1 aromatic heterocycles. The zero-order valence-corrected chi connectivity index (χ0v) is 7.40. The predicted octanol–water partition coefficient (Wildman–Crippen LogP) is 1.64. The summed E-state index contributed by atoms with van der Waals surface area (Å²) in [6, 6.07) is 5.88. The van der Waals surface area contributed by atoms with Crippen molar-refractivity contribution in [1.82, 2.24) is 4.98 Å². The Balaban J connectivity index is 2.51. The van der Waals surface area contributed by atoms with Crippen molar-refractivity contribution in [3.8, 4) is 0 Å². The molecule has 1 atom stereocenters. The lowest BCUT2D eigenvalue weighted by molar-refractivity contribution is 0.221. The van der Waals surface area contributed by atoms with Gasteiger partial charge >= 0.3 is 0 Å². The fraction of sp³-hybridized carbons (Fsp3) is 0.500. The second-order valence-electron chi connectivity index (χ2n) is 2.98. The maximum atomic E-state index is 8.96. The minimum atomic E-state index is 0.257. The van der Waals surface area contributed by atoms with E-state index in [9.17, 15) is 0 Å². The number of rotatable bonds is 4. The molecule has 0 fully saturated rings. The highest BCUT2D eigenvalue weighted by Crippen LogP contribution is 2.08. The van der Waals surface area contributed by atoms with Crippen LogP contribution in [0.25, 0.3) is 0 Å². The Morgan fingerprint density at radius 3 is 2.83 bits per heavy atom. The molecular formula is C10H15NO. The van der Waals surface area contributed by atoms with Crippen molar-refractivity contribution in [3.05, 3.63) is 30.1 Å². The van der Waals surface area contributed by atoms with E-state index < -0.39 is 0 Å². The molecule has 2 heteroatoms. The summed E-state index contributed by atoms with van der Waals surface area (Å²) >= 11 is 0. The molecule has 12 heavy (non-hydrogen) atoms. The monoisotopic (exact) mass is 165 g/mol. The minimum Gasteiger partial charge on any atom is -0.396 e. The van der Waals surface area contributed by atoms with Crippen LogP contribution in [-0.4, -0.2) is 16.7 Å². The maximum absolute atomic E-state index is 8.96. The van der Waals surface area contributed by atoms with Crippen molar-refractivity contribution in [2.45, 2.75) is 19.8 Å². The summed E-state index contributed by atoms with van der Waals surface area (Å²) < 4.78 is 0. The highest BCUT2D eigenvalue weighted by Gasteiger charge is 2.05. The first-order valence-electron chi connectivity index (χ1n) is 4.37. The highest BCUT2D eigenvalue weighted by molar-refractivity contribution is 5.04. The second kappa shape index (κ2) is 4.88. The Kier molecular flexibility index (Phi) is 3.74. The van der Waals surface area contributed by atoms with Crippen molar-refractivity contribution >= 4 is 0 Å². The van der Waals surface area contributed by atoms with Crippen LogP contribution in [0.15, 0.2) is 24.4 Å². The molecule has 1 aromatic rings. The lowest BCUT2D eigenvalue weighted by atomic mass is 10.0. The number of hydrogen-bond acceptors (Lipinski definition) is 2. The molecule has 0 amide bonds. The smallest absolute Gasteiger partial charge is 0.0462 e. The fourth-order valence-corrected chi connectivity index (χ4v) is 1.15. The lowest BCUT2D eigenvalue weighted by Crippen LogP contribution is -2.08. The summed E-state index contributed by atoms with van der Waals surface area (Å²) in [5, 5.41) is 8.96. The van der Waals surface area contributed by atoms with Crippen LogP contribution in [0.1, 0.15) is 19.0 Å². The van der Waals surface area contributed by atoms with Crippen LogP contribution < -0.4 is 0 Å². The Hall–Kier alpha value is -0.890. The van der Waals surface area contributed by atoms with Crippen LogP contribution in [0.4, 0.5) is 0 Å². The molecule has 0 bridgehead atoms. The Labute approximate surface area is 73.3 Å². The number of hydrogen-bond donors (Lipinski definition) is 1. The molecule has 0 aliphatic rings. The fourth-order valence-electron chi connectivity index (χ4n) is 1.15. The number of aliphatic hydroxyl groups is 1. The van der Waals surface area contributed by atoms with Gasteiger partial charge in [0.15, 0.2) is 0 Å². The van der Waals surface area contributed by atoms with Crippen molar-refractivity contribution in [2.75, 3.05) is 6.61 Å². The third-order valence-electron chi connectivity index (χ3n) is 2.06. The van der Waals surface area contributed by atoms with Gasteiger partial charge in [0, 0.05) is 18.5 Å². The van der Waals surface area contributed by atoms with E-state index in [1.165, 1.54) is 0 Å². The number of aromatic nitrogens is 1. The predicted molar refractivity (Wildman–Crippen MR) is 48.8 cm³/mol. The zero-order valence-electron chi connectivity index (χ0n) is 7.40. The summed E-state index contributed by atoms with van der Waals surface area (Å²) in [6.45, 7) is 2.34. The van der Waals surface area contributed by atoms with E-state index in [0.29, 0.717) is 5.92 Å². The van der Waals surface area contributed by atoms with E-state index in [4.69, 9.17) is 5.11 Å². The van der Waals surface area contributed by atoms with Gasteiger partial charge in [-0.15, -0.1) is 0 Å². The van der Waals surface area contributed by atoms with Crippen LogP contribution in [0, 0.1) is 5.92 Å². The van der Waals surface area contributed by atoms with Gasteiger partial charge in [0.25, 0.3) is 0 Å². The van der Waals surface area contributed by atoms with E-state index in [1.54, 1.807) is 6.20 Å². The van der Waals surface area contributed by atoms with Crippen molar-refractivity contribution in [3.63, 3.8) is 0 Å². The third-order valence-corrected chi connectivity index (χ3v) is 2.06. The van der Waals surface area contributed by atoms with Crippen LogP contribution in [0.3, 0.4) is 0 Å². The van der Waals surface area contributed by atoms with Gasteiger partial charge in [0.2, 0.25) is 0 Å². The Morgan fingerprint density at radius 2 is 2.33 bits per heavy atom.